The van der Waals surface area contributed by atoms with Crippen LogP contribution in [0.15, 0.2) is 6.20 Å². The van der Waals surface area contributed by atoms with Gasteiger partial charge in [0, 0.05) is 18.8 Å². The van der Waals surface area contributed by atoms with Crippen molar-refractivity contribution in [3.05, 3.63) is 17.5 Å². The first-order chi connectivity index (χ1) is 6.73. The zero-order valence-corrected chi connectivity index (χ0v) is 7.59. The molecule has 0 aromatic carbocycles. The molecule has 0 saturated carbocycles. The van der Waals surface area contributed by atoms with Crippen molar-refractivity contribution in [2.24, 2.45) is 12.8 Å². The number of hydrogen-bond donors (Lipinski definition) is 1. The summed E-state index contributed by atoms with van der Waals surface area (Å²) in [6, 6.07) is -1.98. The Kier molecular flexibility index (Phi) is 2.98. The average Bonchev–Trinajstić information content (AvgIpc) is 2.44. The number of nitrogens with zero attached hydrogens (tertiary/aromatic N) is 2. The smallest absolute Gasteiger partial charge is 0.319 e. The van der Waals surface area contributed by atoms with Gasteiger partial charge in [0.05, 0.1) is 6.04 Å². The topological polar surface area (TPSA) is 43.8 Å². The first-order valence-corrected chi connectivity index (χ1v) is 3.88. The van der Waals surface area contributed by atoms with E-state index >= 15 is 0 Å². The molecule has 1 heterocycles. The fourth-order valence-electron chi connectivity index (χ4n) is 1.11. The van der Waals surface area contributed by atoms with Gasteiger partial charge in [-0.1, -0.05) is 0 Å². The summed E-state index contributed by atoms with van der Waals surface area (Å²) in [6.07, 6.45) is -6.99. The van der Waals surface area contributed by atoms with Gasteiger partial charge in [-0.25, -0.2) is 8.78 Å². The molecule has 86 valence electrons. The van der Waals surface area contributed by atoms with Crippen LogP contribution in [0.3, 0.4) is 0 Å². The van der Waals surface area contributed by atoms with E-state index in [2.05, 4.69) is 5.10 Å². The Bertz CT molecular complexity index is 343. The molecule has 0 aliphatic rings. The van der Waals surface area contributed by atoms with E-state index in [0.29, 0.717) is 0 Å². The van der Waals surface area contributed by atoms with Gasteiger partial charge in [-0.05, 0) is 0 Å². The van der Waals surface area contributed by atoms with Crippen LogP contribution in [0.25, 0.3) is 0 Å². The summed E-state index contributed by atoms with van der Waals surface area (Å²) in [4.78, 5) is 0. The van der Waals surface area contributed by atoms with Crippen molar-refractivity contribution < 1.29 is 22.0 Å². The van der Waals surface area contributed by atoms with E-state index in [9.17, 15) is 22.0 Å². The standard InChI is InChI=1S/C7H8F5N3/c1-15-2-3(4(13)6(8)9)5(14-15)7(10,11)12/h2,4,6H,13H2,1H3. The highest BCUT2D eigenvalue weighted by Crippen LogP contribution is 2.34. The van der Waals surface area contributed by atoms with Crippen LogP contribution in [0.1, 0.15) is 17.3 Å². The predicted octanol–water partition coefficient (Wildman–Crippen LogP) is 1.70. The van der Waals surface area contributed by atoms with Crippen LogP contribution < -0.4 is 5.73 Å². The monoisotopic (exact) mass is 229 g/mol. The third-order valence-electron chi connectivity index (χ3n) is 1.76. The molecule has 1 unspecified atom stereocenters. The molecule has 1 rings (SSSR count). The molecule has 8 heteroatoms. The largest absolute Gasteiger partial charge is 0.435 e. The first-order valence-electron chi connectivity index (χ1n) is 3.88. The van der Waals surface area contributed by atoms with Crippen molar-refractivity contribution in [3.8, 4) is 0 Å². The molecule has 1 aromatic rings. The molecule has 0 aliphatic carbocycles. The van der Waals surface area contributed by atoms with Gasteiger partial charge < -0.3 is 5.73 Å². The molecule has 0 amide bonds. The van der Waals surface area contributed by atoms with Crippen LogP contribution >= 0.6 is 0 Å². The summed E-state index contributed by atoms with van der Waals surface area (Å²) < 4.78 is 62.1. The predicted molar refractivity (Wildman–Crippen MR) is 41.1 cm³/mol. The SMILES string of the molecule is Cn1cc(C(N)C(F)F)c(C(F)(F)F)n1. The molecule has 0 fully saturated rings. The Labute approximate surface area is 81.7 Å². The second-order valence-electron chi connectivity index (χ2n) is 2.96. The lowest BCUT2D eigenvalue weighted by Gasteiger charge is -2.11. The Morgan fingerprint density at radius 3 is 2.33 bits per heavy atom. The maximum Gasteiger partial charge on any atom is 0.435 e. The molecule has 1 atom stereocenters. The highest BCUT2D eigenvalue weighted by atomic mass is 19.4. The molecule has 0 spiro atoms. The lowest BCUT2D eigenvalue weighted by Crippen LogP contribution is -2.22. The minimum atomic E-state index is -4.77. The van der Waals surface area contributed by atoms with Gasteiger partial charge in [-0.3, -0.25) is 4.68 Å². The minimum absolute atomic E-state index is 0.694. The van der Waals surface area contributed by atoms with Crippen molar-refractivity contribution >= 4 is 0 Å². The average molecular weight is 229 g/mol. The number of rotatable bonds is 2. The summed E-state index contributed by atoms with van der Waals surface area (Å²) in [5, 5.41) is 3.06. The molecular formula is C7H8F5N3. The normalized spacial score (nSPS) is 14.7. The number of nitrogens with two attached hydrogens (primary N) is 1. The van der Waals surface area contributed by atoms with Crippen molar-refractivity contribution in [2.75, 3.05) is 0 Å². The van der Waals surface area contributed by atoms with Gasteiger partial charge in [0.2, 0.25) is 0 Å². The highest BCUT2D eigenvalue weighted by molar-refractivity contribution is 5.24. The maximum atomic E-state index is 12.3. The Morgan fingerprint density at radius 2 is 1.93 bits per heavy atom. The van der Waals surface area contributed by atoms with Crippen LogP contribution in [0.4, 0.5) is 22.0 Å². The maximum absolute atomic E-state index is 12.3. The molecule has 1 aromatic heterocycles. The zero-order chi connectivity index (χ0) is 11.8. The second kappa shape index (κ2) is 3.76. The lowest BCUT2D eigenvalue weighted by atomic mass is 10.1. The van der Waals surface area contributed by atoms with Gasteiger partial charge in [-0.15, -0.1) is 0 Å². The molecule has 0 saturated heterocycles. The zero-order valence-electron chi connectivity index (χ0n) is 7.59. The molecule has 15 heavy (non-hydrogen) atoms. The van der Waals surface area contributed by atoms with Gasteiger partial charge in [0.15, 0.2) is 5.69 Å². The highest BCUT2D eigenvalue weighted by Gasteiger charge is 2.39. The Balaban J connectivity index is 3.18. The summed E-state index contributed by atoms with van der Waals surface area (Å²) in [6.45, 7) is 0. The van der Waals surface area contributed by atoms with E-state index in [1.165, 1.54) is 7.05 Å². The van der Waals surface area contributed by atoms with Crippen LogP contribution in [0.5, 0.6) is 0 Å². The number of halogens is 5. The van der Waals surface area contributed by atoms with Crippen LogP contribution in [0.2, 0.25) is 0 Å². The minimum Gasteiger partial charge on any atom is -0.319 e. The van der Waals surface area contributed by atoms with Gasteiger partial charge in [0.25, 0.3) is 6.43 Å². The van der Waals surface area contributed by atoms with E-state index in [0.717, 1.165) is 10.9 Å². The van der Waals surface area contributed by atoms with E-state index < -0.39 is 29.9 Å². The fourth-order valence-corrected chi connectivity index (χ4v) is 1.11. The van der Waals surface area contributed by atoms with E-state index in [1.807, 2.05) is 0 Å². The van der Waals surface area contributed by atoms with Gasteiger partial charge >= 0.3 is 6.18 Å². The van der Waals surface area contributed by atoms with Crippen LogP contribution in [-0.2, 0) is 13.2 Å². The van der Waals surface area contributed by atoms with E-state index in [-0.39, 0.29) is 0 Å². The molecule has 0 bridgehead atoms. The number of hydrogen-bond acceptors (Lipinski definition) is 2. The number of alkyl halides is 5. The molecule has 0 radical (unpaired) electrons. The third kappa shape index (κ3) is 2.44. The van der Waals surface area contributed by atoms with Gasteiger partial charge in [0.1, 0.15) is 0 Å². The summed E-state index contributed by atoms with van der Waals surface area (Å²) in [7, 11) is 1.21. The summed E-state index contributed by atoms with van der Waals surface area (Å²) in [5.41, 5.74) is 2.89. The van der Waals surface area contributed by atoms with E-state index in [4.69, 9.17) is 5.73 Å². The van der Waals surface area contributed by atoms with Gasteiger partial charge in [-0.2, -0.15) is 18.3 Å². The molecule has 2 N–H and O–H groups in total. The van der Waals surface area contributed by atoms with Crippen molar-refractivity contribution in [2.45, 2.75) is 18.6 Å². The fraction of sp³-hybridized carbons (Fsp3) is 0.571. The summed E-state index contributed by atoms with van der Waals surface area (Å²) >= 11 is 0. The van der Waals surface area contributed by atoms with Crippen LogP contribution in [-0.4, -0.2) is 16.2 Å². The van der Waals surface area contributed by atoms with E-state index in [1.54, 1.807) is 0 Å². The summed E-state index contributed by atoms with van der Waals surface area (Å²) in [5.74, 6) is 0. The Morgan fingerprint density at radius 1 is 1.40 bits per heavy atom. The van der Waals surface area contributed by atoms with Crippen molar-refractivity contribution in [1.29, 1.82) is 0 Å². The number of aromatic nitrogens is 2. The van der Waals surface area contributed by atoms with Crippen molar-refractivity contribution in [3.63, 3.8) is 0 Å². The lowest BCUT2D eigenvalue weighted by molar-refractivity contribution is -0.142. The first kappa shape index (κ1) is 11.9. The molecular weight excluding hydrogens is 221 g/mol. The third-order valence-corrected chi connectivity index (χ3v) is 1.76. The van der Waals surface area contributed by atoms with Crippen molar-refractivity contribution in [1.82, 2.24) is 9.78 Å². The molecule has 3 nitrogen and oxygen atoms in total. The molecule has 0 aliphatic heterocycles. The second-order valence-corrected chi connectivity index (χ2v) is 2.96. The van der Waals surface area contributed by atoms with Crippen LogP contribution in [0, 0.1) is 0 Å². The Hall–Kier alpha value is -1.18. The quantitative estimate of drug-likeness (QED) is 0.784. The number of aryl methyl sites for hydroxylation is 1.